The maximum Gasteiger partial charge on any atom is 0.237 e. The Labute approximate surface area is 102 Å². The van der Waals surface area contributed by atoms with Gasteiger partial charge in [-0.15, -0.1) is 0 Å². The molecule has 0 bridgehead atoms. The Kier molecular flexibility index (Phi) is 3.78. The zero-order chi connectivity index (χ0) is 12.3. The van der Waals surface area contributed by atoms with Gasteiger partial charge in [0, 0.05) is 25.4 Å². The van der Waals surface area contributed by atoms with Crippen LogP contribution in [-0.2, 0) is 24.8 Å². The molecule has 0 spiro atoms. The molecule has 5 heteroatoms. The van der Waals surface area contributed by atoms with Gasteiger partial charge in [-0.25, -0.2) is 0 Å². The van der Waals surface area contributed by atoms with Crippen LogP contribution in [0.3, 0.4) is 0 Å². The van der Waals surface area contributed by atoms with Crippen LogP contribution < -0.4 is 10.6 Å². The fraction of sp³-hybridized carbons (Fsp3) is 0.667. The molecule has 2 N–H and O–H groups in total. The van der Waals surface area contributed by atoms with Crippen LogP contribution in [0.5, 0.6) is 0 Å². The van der Waals surface area contributed by atoms with E-state index in [1.807, 2.05) is 13.2 Å². The molecule has 0 radical (unpaired) electrons. The van der Waals surface area contributed by atoms with Crippen molar-refractivity contribution in [3.05, 3.63) is 17.5 Å². The number of aromatic nitrogens is 2. The summed E-state index contributed by atoms with van der Waals surface area (Å²) in [5.41, 5.74) is 2.17. The minimum absolute atomic E-state index is 0.00301. The standard InChI is InChI=1S/C12H20N4O/c1-3-10-9(8-16(2)15-10)7-14-12(17)11-5-4-6-13-11/h8,11,13H,3-7H2,1-2H3,(H,14,17). The maximum absolute atomic E-state index is 11.8. The number of aryl methyl sites for hydroxylation is 2. The number of nitrogens with zero attached hydrogens (tertiary/aromatic N) is 2. The van der Waals surface area contributed by atoms with Crippen LogP contribution in [0.25, 0.3) is 0 Å². The first-order valence-electron chi connectivity index (χ1n) is 6.23. The lowest BCUT2D eigenvalue weighted by Gasteiger charge is -2.10. The van der Waals surface area contributed by atoms with E-state index in [0.29, 0.717) is 6.54 Å². The highest BCUT2D eigenvalue weighted by atomic mass is 16.2. The van der Waals surface area contributed by atoms with Crippen molar-refractivity contribution < 1.29 is 4.79 Å². The van der Waals surface area contributed by atoms with E-state index < -0.39 is 0 Å². The van der Waals surface area contributed by atoms with E-state index >= 15 is 0 Å². The van der Waals surface area contributed by atoms with Gasteiger partial charge in [0.1, 0.15) is 0 Å². The van der Waals surface area contributed by atoms with Crippen molar-refractivity contribution >= 4 is 5.91 Å². The Balaban J connectivity index is 1.90. The Morgan fingerprint density at radius 2 is 2.53 bits per heavy atom. The van der Waals surface area contributed by atoms with Crippen molar-refractivity contribution in [3.8, 4) is 0 Å². The van der Waals surface area contributed by atoms with Crippen LogP contribution in [0.4, 0.5) is 0 Å². The molecule has 2 heterocycles. The molecule has 2 rings (SSSR count). The molecule has 17 heavy (non-hydrogen) atoms. The topological polar surface area (TPSA) is 59.0 Å². The van der Waals surface area contributed by atoms with Crippen LogP contribution in [0, 0.1) is 0 Å². The number of carbonyl (C=O) groups excluding carboxylic acids is 1. The molecule has 1 aliphatic rings. The second-order valence-electron chi connectivity index (χ2n) is 4.49. The first-order chi connectivity index (χ1) is 8.20. The highest BCUT2D eigenvalue weighted by Gasteiger charge is 2.21. The smallest absolute Gasteiger partial charge is 0.237 e. The first kappa shape index (κ1) is 12.1. The molecule has 1 unspecified atom stereocenters. The largest absolute Gasteiger partial charge is 0.351 e. The van der Waals surface area contributed by atoms with Crippen molar-refractivity contribution in [3.63, 3.8) is 0 Å². The average molecular weight is 236 g/mol. The van der Waals surface area contributed by atoms with E-state index in [0.717, 1.165) is 37.1 Å². The molecule has 1 aromatic heterocycles. The summed E-state index contributed by atoms with van der Waals surface area (Å²) in [6.07, 6.45) is 4.90. The van der Waals surface area contributed by atoms with Crippen molar-refractivity contribution in [1.29, 1.82) is 0 Å². The van der Waals surface area contributed by atoms with Crippen LogP contribution in [0.2, 0.25) is 0 Å². The SMILES string of the molecule is CCc1nn(C)cc1CNC(=O)C1CCCN1. The van der Waals surface area contributed by atoms with Gasteiger partial charge in [-0.2, -0.15) is 5.10 Å². The molecule has 1 saturated heterocycles. The molecular weight excluding hydrogens is 216 g/mol. The fourth-order valence-corrected chi connectivity index (χ4v) is 2.24. The van der Waals surface area contributed by atoms with Crippen LogP contribution in [0.15, 0.2) is 6.20 Å². The lowest BCUT2D eigenvalue weighted by atomic mass is 10.2. The third-order valence-electron chi connectivity index (χ3n) is 3.16. The third-order valence-corrected chi connectivity index (χ3v) is 3.16. The molecule has 1 aromatic rings. The van der Waals surface area contributed by atoms with Gasteiger partial charge >= 0.3 is 0 Å². The van der Waals surface area contributed by atoms with Gasteiger partial charge in [-0.05, 0) is 25.8 Å². The van der Waals surface area contributed by atoms with Crippen molar-refractivity contribution in [2.75, 3.05) is 6.54 Å². The van der Waals surface area contributed by atoms with Gasteiger partial charge in [0.25, 0.3) is 0 Å². The molecule has 1 atom stereocenters. The summed E-state index contributed by atoms with van der Waals surface area (Å²) in [6, 6.07) is -0.00301. The van der Waals surface area contributed by atoms with Gasteiger partial charge in [-0.1, -0.05) is 6.92 Å². The molecule has 0 aromatic carbocycles. The van der Waals surface area contributed by atoms with Gasteiger partial charge < -0.3 is 10.6 Å². The molecule has 0 aliphatic carbocycles. The minimum atomic E-state index is -0.00301. The highest BCUT2D eigenvalue weighted by Crippen LogP contribution is 2.08. The van der Waals surface area contributed by atoms with Crippen LogP contribution in [-0.4, -0.2) is 28.3 Å². The number of hydrogen-bond donors (Lipinski definition) is 2. The number of carbonyl (C=O) groups is 1. The molecule has 94 valence electrons. The maximum atomic E-state index is 11.8. The average Bonchev–Trinajstić information content (AvgIpc) is 2.94. The number of amides is 1. The molecule has 0 saturated carbocycles. The fourth-order valence-electron chi connectivity index (χ4n) is 2.24. The van der Waals surface area contributed by atoms with Gasteiger partial charge in [0.2, 0.25) is 5.91 Å². The third kappa shape index (κ3) is 2.85. The number of nitrogens with one attached hydrogen (secondary N) is 2. The lowest BCUT2D eigenvalue weighted by Crippen LogP contribution is -2.40. The zero-order valence-corrected chi connectivity index (χ0v) is 10.5. The summed E-state index contributed by atoms with van der Waals surface area (Å²) in [5, 5.41) is 10.5. The normalized spacial score (nSPS) is 19.5. The first-order valence-corrected chi connectivity index (χ1v) is 6.23. The van der Waals surface area contributed by atoms with E-state index in [1.54, 1.807) is 4.68 Å². The quantitative estimate of drug-likeness (QED) is 0.793. The molecule has 1 fully saturated rings. The van der Waals surface area contributed by atoms with Gasteiger partial charge in [-0.3, -0.25) is 9.48 Å². The van der Waals surface area contributed by atoms with Crippen molar-refractivity contribution in [2.24, 2.45) is 7.05 Å². The van der Waals surface area contributed by atoms with E-state index in [4.69, 9.17) is 0 Å². The van der Waals surface area contributed by atoms with E-state index in [2.05, 4.69) is 22.7 Å². The van der Waals surface area contributed by atoms with Crippen molar-refractivity contribution in [2.45, 2.75) is 38.8 Å². The molecule has 1 amide bonds. The number of rotatable bonds is 4. The summed E-state index contributed by atoms with van der Waals surface area (Å²) in [4.78, 5) is 11.8. The summed E-state index contributed by atoms with van der Waals surface area (Å²) in [7, 11) is 1.91. The zero-order valence-electron chi connectivity index (χ0n) is 10.5. The Hall–Kier alpha value is -1.36. The summed E-state index contributed by atoms with van der Waals surface area (Å²) < 4.78 is 1.80. The van der Waals surface area contributed by atoms with Crippen LogP contribution >= 0.6 is 0 Å². The summed E-state index contributed by atoms with van der Waals surface area (Å²) >= 11 is 0. The van der Waals surface area contributed by atoms with Gasteiger partial charge in [0.05, 0.1) is 11.7 Å². The second kappa shape index (κ2) is 5.31. The Bertz CT molecular complexity index is 393. The summed E-state index contributed by atoms with van der Waals surface area (Å²) in [6.45, 7) is 3.60. The van der Waals surface area contributed by atoms with Gasteiger partial charge in [0.15, 0.2) is 0 Å². The molecular formula is C12H20N4O. The van der Waals surface area contributed by atoms with E-state index in [9.17, 15) is 4.79 Å². The van der Waals surface area contributed by atoms with E-state index in [-0.39, 0.29) is 11.9 Å². The molecule has 5 nitrogen and oxygen atoms in total. The predicted molar refractivity (Wildman–Crippen MR) is 65.5 cm³/mol. The Morgan fingerprint density at radius 3 is 3.18 bits per heavy atom. The van der Waals surface area contributed by atoms with Crippen molar-refractivity contribution in [1.82, 2.24) is 20.4 Å². The minimum Gasteiger partial charge on any atom is -0.351 e. The lowest BCUT2D eigenvalue weighted by molar-refractivity contribution is -0.122. The second-order valence-corrected chi connectivity index (χ2v) is 4.49. The highest BCUT2D eigenvalue weighted by molar-refractivity contribution is 5.81. The predicted octanol–water partition coefficient (Wildman–Crippen LogP) is 0.351. The molecule has 1 aliphatic heterocycles. The van der Waals surface area contributed by atoms with E-state index in [1.165, 1.54) is 0 Å². The van der Waals surface area contributed by atoms with Crippen LogP contribution in [0.1, 0.15) is 31.0 Å². The summed E-state index contributed by atoms with van der Waals surface area (Å²) in [5.74, 6) is 0.105. The Morgan fingerprint density at radius 1 is 1.71 bits per heavy atom. The monoisotopic (exact) mass is 236 g/mol. The number of hydrogen-bond acceptors (Lipinski definition) is 3.